The fourth-order valence-corrected chi connectivity index (χ4v) is 5.18. The standard InChI is InChI=1S/C28H38O/c1-16-12-26(22(7)20(5)18(16)3)14-24-10-9-11-25(28(24)29)15-27-13-17(2)19(4)21(6)23(27)8/h12-13,24-25H,9-11,14-15H2,1-8H3. The van der Waals surface area contributed by atoms with E-state index in [1.807, 2.05) is 0 Å². The van der Waals surface area contributed by atoms with Gasteiger partial charge in [0, 0.05) is 11.8 Å². The summed E-state index contributed by atoms with van der Waals surface area (Å²) < 4.78 is 0. The van der Waals surface area contributed by atoms with Crippen molar-refractivity contribution in [3.63, 3.8) is 0 Å². The average molecular weight is 391 g/mol. The Hall–Kier alpha value is -1.89. The van der Waals surface area contributed by atoms with Crippen LogP contribution in [0, 0.1) is 67.2 Å². The number of aryl methyl sites for hydroxylation is 2. The van der Waals surface area contributed by atoms with Crippen molar-refractivity contribution in [2.75, 3.05) is 0 Å². The van der Waals surface area contributed by atoms with Crippen LogP contribution in [0.5, 0.6) is 0 Å². The van der Waals surface area contributed by atoms with Crippen molar-refractivity contribution < 1.29 is 4.79 Å². The minimum atomic E-state index is 0.182. The number of carbonyl (C=O) groups is 1. The van der Waals surface area contributed by atoms with E-state index in [0.29, 0.717) is 5.78 Å². The Morgan fingerprint density at radius 1 is 0.621 bits per heavy atom. The highest BCUT2D eigenvalue weighted by Gasteiger charge is 2.32. The van der Waals surface area contributed by atoms with E-state index in [2.05, 4.69) is 67.5 Å². The molecule has 0 amide bonds. The summed E-state index contributed by atoms with van der Waals surface area (Å²) in [6.07, 6.45) is 5.09. The van der Waals surface area contributed by atoms with Crippen LogP contribution in [-0.2, 0) is 17.6 Å². The summed E-state index contributed by atoms with van der Waals surface area (Å²) in [6.45, 7) is 17.7. The lowest BCUT2D eigenvalue weighted by Gasteiger charge is -2.29. The SMILES string of the molecule is Cc1cc(CC2CCCC(Cc3cc(C)c(C)c(C)c3C)C2=O)c(C)c(C)c1C. The van der Waals surface area contributed by atoms with Gasteiger partial charge >= 0.3 is 0 Å². The molecule has 0 aromatic heterocycles. The molecule has 0 saturated heterocycles. The van der Waals surface area contributed by atoms with E-state index in [1.165, 1.54) is 62.1 Å². The second kappa shape index (κ2) is 8.46. The highest BCUT2D eigenvalue weighted by atomic mass is 16.1. The summed E-state index contributed by atoms with van der Waals surface area (Å²) in [6, 6.07) is 4.65. The van der Waals surface area contributed by atoms with Crippen molar-refractivity contribution in [3.8, 4) is 0 Å². The smallest absolute Gasteiger partial charge is 0.139 e. The van der Waals surface area contributed by atoms with Crippen LogP contribution in [0.4, 0.5) is 0 Å². The van der Waals surface area contributed by atoms with E-state index >= 15 is 0 Å². The van der Waals surface area contributed by atoms with E-state index in [-0.39, 0.29) is 11.8 Å². The van der Waals surface area contributed by atoms with Gasteiger partial charge in [0.1, 0.15) is 5.78 Å². The van der Waals surface area contributed by atoms with Gasteiger partial charge in [-0.2, -0.15) is 0 Å². The zero-order chi connectivity index (χ0) is 21.5. The van der Waals surface area contributed by atoms with Crippen LogP contribution in [-0.4, -0.2) is 5.78 Å². The molecule has 1 aliphatic carbocycles. The van der Waals surface area contributed by atoms with Gasteiger partial charge in [0.05, 0.1) is 0 Å². The van der Waals surface area contributed by atoms with E-state index in [4.69, 9.17) is 0 Å². The average Bonchev–Trinajstić information content (AvgIpc) is 2.69. The number of hydrogen-bond donors (Lipinski definition) is 0. The predicted molar refractivity (Wildman–Crippen MR) is 124 cm³/mol. The minimum Gasteiger partial charge on any atom is -0.299 e. The molecule has 0 heterocycles. The first-order chi connectivity index (χ1) is 13.6. The molecule has 1 nitrogen and oxygen atoms in total. The normalized spacial score (nSPS) is 19.7. The Bertz CT molecular complexity index is 872. The third kappa shape index (κ3) is 4.20. The number of carbonyl (C=O) groups excluding carboxylic acids is 1. The Balaban J connectivity index is 1.82. The second-order valence-corrected chi connectivity index (χ2v) is 9.59. The van der Waals surface area contributed by atoms with Crippen LogP contribution in [0.1, 0.15) is 74.9 Å². The van der Waals surface area contributed by atoms with Crippen LogP contribution < -0.4 is 0 Å². The zero-order valence-electron chi connectivity index (χ0n) is 19.8. The lowest BCUT2D eigenvalue weighted by Crippen LogP contribution is -2.31. The van der Waals surface area contributed by atoms with Gasteiger partial charge in [-0.1, -0.05) is 18.6 Å². The van der Waals surface area contributed by atoms with Gasteiger partial charge in [0.25, 0.3) is 0 Å². The van der Waals surface area contributed by atoms with Gasteiger partial charge in [-0.25, -0.2) is 0 Å². The van der Waals surface area contributed by atoms with Gasteiger partial charge in [-0.15, -0.1) is 0 Å². The number of ketones is 1. The molecule has 2 atom stereocenters. The largest absolute Gasteiger partial charge is 0.299 e. The lowest BCUT2D eigenvalue weighted by molar-refractivity contribution is -0.129. The minimum absolute atomic E-state index is 0.182. The summed E-state index contributed by atoms with van der Waals surface area (Å²) in [5, 5.41) is 0. The van der Waals surface area contributed by atoms with Crippen molar-refractivity contribution in [1.82, 2.24) is 0 Å². The molecule has 2 unspecified atom stereocenters. The third-order valence-electron chi connectivity index (χ3n) is 8.02. The van der Waals surface area contributed by atoms with Gasteiger partial charge in [0.2, 0.25) is 0 Å². The summed E-state index contributed by atoms with van der Waals surface area (Å²) in [4.78, 5) is 13.4. The van der Waals surface area contributed by atoms with Crippen molar-refractivity contribution in [2.24, 2.45) is 11.8 Å². The van der Waals surface area contributed by atoms with Crippen LogP contribution in [0.25, 0.3) is 0 Å². The second-order valence-electron chi connectivity index (χ2n) is 9.59. The Morgan fingerprint density at radius 3 is 1.38 bits per heavy atom. The van der Waals surface area contributed by atoms with E-state index in [0.717, 1.165) is 25.7 Å². The van der Waals surface area contributed by atoms with E-state index in [1.54, 1.807) is 0 Å². The molecular formula is C28H38O. The van der Waals surface area contributed by atoms with Crippen molar-refractivity contribution in [3.05, 3.63) is 67.8 Å². The van der Waals surface area contributed by atoms with Gasteiger partial charge < -0.3 is 0 Å². The molecule has 2 aromatic carbocycles. The molecule has 1 fully saturated rings. The molecule has 0 spiro atoms. The summed E-state index contributed by atoms with van der Waals surface area (Å²) in [5.74, 6) is 0.866. The molecule has 3 rings (SSSR count). The Morgan fingerprint density at radius 2 is 1.00 bits per heavy atom. The van der Waals surface area contributed by atoms with Crippen molar-refractivity contribution in [2.45, 2.75) is 87.5 Å². The van der Waals surface area contributed by atoms with Gasteiger partial charge in [0.15, 0.2) is 0 Å². The molecule has 1 saturated carbocycles. The van der Waals surface area contributed by atoms with Crippen molar-refractivity contribution >= 4 is 5.78 Å². The summed E-state index contributed by atoms with van der Waals surface area (Å²) >= 11 is 0. The molecule has 0 N–H and O–H groups in total. The first kappa shape index (κ1) is 21.8. The lowest BCUT2D eigenvalue weighted by atomic mass is 9.74. The molecular weight excluding hydrogens is 352 g/mol. The summed E-state index contributed by atoms with van der Waals surface area (Å²) in [5.41, 5.74) is 13.8. The first-order valence-corrected chi connectivity index (χ1v) is 11.3. The number of Topliss-reactive ketones (excluding diaryl/α,β-unsaturated/α-hetero) is 1. The number of benzene rings is 2. The van der Waals surface area contributed by atoms with Gasteiger partial charge in [-0.05, 0) is 137 Å². The highest BCUT2D eigenvalue weighted by Crippen LogP contribution is 2.34. The molecule has 0 bridgehead atoms. The van der Waals surface area contributed by atoms with E-state index < -0.39 is 0 Å². The van der Waals surface area contributed by atoms with Crippen LogP contribution in [0.2, 0.25) is 0 Å². The molecule has 29 heavy (non-hydrogen) atoms. The molecule has 1 heteroatoms. The summed E-state index contributed by atoms with van der Waals surface area (Å²) in [7, 11) is 0. The Kier molecular flexibility index (Phi) is 6.36. The van der Waals surface area contributed by atoms with Gasteiger partial charge in [-0.3, -0.25) is 4.79 Å². The molecule has 1 aliphatic rings. The maximum Gasteiger partial charge on any atom is 0.139 e. The molecule has 0 aliphatic heterocycles. The zero-order valence-corrected chi connectivity index (χ0v) is 19.8. The van der Waals surface area contributed by atoms with Crippen LogP contribution >= 0.6 is 0 Å². The number of hydrogen-bond acceptors (Lipinski definition) is 1. The monoisotopic (exact) mass is 390 g/mol. The predicted octanol–water partition coefficient (Wildman–Crippen LogP) is 6.92. The van der Waals surface area contributed by atoms with Crippen molar-refractivity contribution in [1.29, 1.82) is 0 Å². The quantitative estimate of drug-likeness (QED) is 0.553. The molecule has 2 aromatic rings. The van der Waals surface area contributed by atoms with Crippen LogP contribution in [0.15, 0.2) is 12.1 Å². The number of rotatable bonds is 4. The fourth-order valence-electron chi connectivity index (χ4n) is 5.18. The maximum absolute atomic E-state index is 13.4. The first-order valence-electron chi connectivity index (χ1n) is 11.3. The van der Waals surface area contributed by atoms with E-state index in [9.17, 15) is 4.79 Å². The topological polar surface area (TPSA) is 17.1 Å². The Labute approximate surface area is 177 Å². The third-order valence-corrected chi connectivity index (χ3v) is 8.02. The highest BCUT2D eigenvalue weighted by molar-refractivity contribution is 5.84. The molecule has 0 radical (unpaired) electrons. The maximum atomic E-state index is 13.4. The molecule has 156 valence electrons. The fraction of sp³-hybridized carbons (Fsp3) is 0.536. The van der Waals surface area contributed by atoms with Crippen LogP contribution in [0.3, 0.4) is 0 Å².